The lowest BCUT2D eigenvalue weighted by Gasteiger charge is -2.33. The molecule has 2 heterocycles. The lowest BCUT2D eigenvalue weighted by Crippen LogP contribution is -2.45. The number of nitrogens with one attached hydrogen (secondary N) is 1. The number of rotatable bonds is 5. The summed E-state index contributed by atoms with van der Waals surface area (Å²) in [7, 11) is 0. The number of carbonyl (C=O) groups is 2. The van der Waals surface area contributed by atoms with E-state index >= 15 is 0 Å². The predicted octanol–water partition coefficient (Wildman–Crippen LogP) is 2.21. The number of hydrogen-bond donors (Lipinski definition) is 1. The highest BCUT2D eigenvalue weighted by atomic mass is 32.2. The molecule has 1 aromatic heterocycles. The third-order valence-electron chi connectivity index (χ3n) is 3.70. The van der Waals surface area contributed by atoms with Crippen molar-refractivity contribution in [1.29, 1.82) is 0 Å². The van der Waals surface area contributed by atoms with Crippen LogP contribution in [0.5, 0.6) is 0 Å². The maximum Gasteiger partial charge on any atom is 0.241 e. The molecule has 5 nitrogen and oxygen atoms in total. The molecule has 1 aromatic rings. The van der Waals surface area contributed by atoms with Gasteiger partial charge in [0.05, 0.1) is 10.9 Å². The van der Waals surface area contributed by atoms with E-state index < -0.39 is 0 Å². The van der Waals surface area contributed by atoms with Crippen molar-refractivity contribution in [2.24, 2.45) is 5.92 Å². The molecule has 0 radical (unpaired) electrons. The predicted molar refractivity (Wildman–Crippen MR) is 86.9 cm³/mol. The van der Waals surface area contributed by atoms with Crippen molar-refractivity contribution in [3.63, 3.8) is 0 Å². The first-order valence-corrected chi connectivity index (χ1v) is 8.65. The SMILES string of the molecule is CC(C)CN1C(=O)C(CC(=O)NC2CC2)Sc2ncccc21. The Bertz CT molecular complexity index is 587. The topological polar surface area (TPSA) is 62.3 Å². The van der Waals surface area contributed by atoms with Gasteiger partial charge in [-0.3, -0.25) is 9.59 Å². The minimum atomic E-state index is -0.375. The summed E-state index contributed by atoms with van der Waals surface area (Å²) in [6.07, 6.45) is 4.07. The van der Waals surface area contributed by atoms with Crippen molar-refractivity contribution in [3.05, 3.63) is 18.3 Å². The van der Waals surface area contributed by atoms with Gasteiger partial charge in [0.2, 0.25) is 11.8 Å². The third kappa shape index (κ3) is 3.43. The Morgan fingerprint density at radius 2 is 2.27 bits per heavy atom. The Morgan fingerprint density at radius 3 is 2.95 bits per heavy atom. The fraction of sp³-hybridized carbons (Fsp3) is 0.562. The molecule has 1 aliphatic heterocycles. The summed E-state index contributed by atoms with van der Waals surface area (Å²) in [5.41, 5.74) is 0.866. The first-order chi connectivity index (χ1) is 10.5. The third-order valence-corrected chi connectivity index (χ3v) is 4.89. The number of hydrogen-bond acceptors (Lipinski definition) is 4. The minimum absolute atomic E-state index is 0.0187. The molecule has 3 rings (SSSR count). The van der Waals surface area contributed by atoms with Gasteiger partial charge in [0, 0.05) is 25.2 Å². The molecule has 118 valence electrons. The first-order valence-electron chi connectivity index (χ1n) is 7.77. The smallest absolute Gasteiger partial charge is 0.241 e. The van der Waals surface area contributed by atoms with E-state index in [9.17, 15) is 9.59 Å². The molecular weight excluding hydrogens is 298 g/mol. The van der Waals surface area contributed by atoms with Gasteiger partial charge >= 0.3 is 0 Å². The highest BCUT2D eigenvalue weighted by Crippen LogP contribution is 2.39. The Labute approximate surface area is 134 Å². The molecule has 0 aromatic carbocycles. The largest absolute Gasteiger partial charge is 0.353 e. The lowest BCUT2D eigenvalue weighted by molar-refractivity contribution is -0.125. The summed E-state index contributed by atoms with van der Waals surface area (Å²) < 4.78 is 0. The van der Waals surface area contributed by atoms with Crippen molar-refractivity contribution in [2.75, 3.05) is 11.4 Å². The number of aromatic nitrogens is 1. The monoisotopic (exact) mass is 319 g/mol. The maximum atomic E-state index is 12.8. The average Bonchev–Trinajstić information content (AvgIpc) is 3.27. The number of thioether (sulfide) groups is 1. The summed E-state index contributed by atoms with van der Waals surface area (Å²) >= 11 is 1.41. The van der Waals surface area contributed by atoms with Crippen LogP contribution in [-0.4, -0.2) is 34.6 Å². The van der Waals surface area contributed by atoms with Gasteiger partial charge in [-0.2, -0.15) is 0 Å². The number of fused-ring (bicyclic) bond motifs is 1. The Kier molecular flexibility index (Phi) is 4.38. The summed E-state index contributed by atoms with van der Waals surface area (Å²) in [4.78, 5) is 31.0. The molecule has 2 aliphatic rings. The number of amides is 2. The molecule has 1 atom stereocenters. The summed E-state index contributed by atoms with van der Waals surface area (Å²) in [6.45, 7) is 4.82. The van der Waals surface area contributed by atoms with E-state index in [0.717, 1.165) is 23.6 Å². The normalized spacial score (nSPS) is 21.0. The van der Waals surface area contributed by atoms with E-state index in [4.69, 9.17) is 0 Å². The standard InChI is InChI=1S/C16H21N3O2S/c1-10(2)9-19-12-4-3-7-17-15(12)22-13(16(19)21)8-14(20)18-11-5-6-11/h3-4,7,10-11,13H,5-6,8-9H2,1-2H3,(H,18,20). The van der Waals surface area contributed by atoms with Crippen LogP contribution in [0.1, 0.15) is 33.1 Å². The molecule has 1 saturated carbocycles. The van der Waals surface area contributed by atoms with Crippen LogP contribution in [0.4, 0.5) is 5.69 Å². The second-order valence-corrected chi connectivity index (χ2v) is 7.51. The first kappa shape index (κ1) is 15.3. The molecule has 6 heteroatoms. The number of pyridine rings is 1. The van der Waals surface area contributed by atoms with Crippen LogP contribution in [0, 0.1) is 5.92 Å². The van der Waals surface area contributed by atoms with Gasteiger partial charge in [-0.05, 0) is 30.9 Å². The summed E-state index contributed by atoms with van der Waals surface area (Å²) in [6, 6.07) is 4.10. The van der Waals surface area contributed by atoms with Gasteiger partial charge in [-0.15, -0.1) is 0 Å². The molecule has 0 saturated heterocycles. The zero-order valence-corrected chi connectivity index (χ0v) is 13.7. The van der Waals surface area contributed by atoms with Crippen molar-refractivity contribution in [1.82, 2.24) is 10.3 Å². The zero-order chi connectivity index (χ0) is 15.7. The molecule has 2 amide bonds. The molecule has 22 heavy (non-hydrogen) atoms. The molecule has 0 bridgehead atoms. The van der Waals surface area contributed by atoms with Gasteiger partial charge in [0.1, 0.15) is 5.03 Å². The van der Waals surface area contributed by atoms with Gasteiger partial charge in [0.15, 0.2) is 0 Å². The highest BCUT2D eigenvalue weighted by molar-refractivity contribution is 8.00. The minimum Gasteiger partial charge on any atom is -0.353 e. The van der Waals surface area contributed by atoms with Gasteiger partial charge in [-0.25, -0.2) is 4.98 Å². The molecule has 1 N–H and O–H groups in total. The van der Waals surface area contributed by atoms with Crippen LogP contribution >= 0.6 is 11.8 Å². The van der Waals surface area contributed by atoms with Crippen LogP contribution < -0.4 is 10.2 Å². The van der Waals surface area contributed by atoms with E-state index in [1.807, 2.05) is 12.1 Å². The van der Waals surface area contributed by atoms with E-state index in [0.29, 0.717) is 18.5 Å². The van der Waals surface area contributed by atoms with Crippen LogP contribution in [0.15, 0.2) is 23.4 Å². The van der Waals surface area contributed by atoms with Crippen LogP contribution in [0.3, 0.4) is 0 Å². The van der Waals surface area contributed by atoms with Gasteiger partial charge < -0.3 is 10.2 Å². The van der Waals surface area contributed by atoms with E-state index in [1.54, 1.807) is 11.1 Å². The number of anilines is 1. The maximum absolute atomic E-state index is 12.8. The van der Waals surface area contributed by atoms with Gasteiger partial charge in [0.25, 0.3) is 0 Å². The fourth-order valence-electron chi connectivity index (χ4n) is 2.52. The van der Waals surface area contributed by atoms with Crippen LogP contribution in [-0.2, 0) is 9.59 Å². The van der Waals surface area contributed by atoms with Gasteiger partial charge in [-0.1, -0.05) is 25.6 Å². The Hall–Kier alpha value is -1.56. The second kappa shape index (κ2) is 6.28. The molecule has 1 fully saturated rings. The molecule has 0 spiro atoms. The number of carbonyl (C=O) groups excluding carboxylic acids is 2. The Balaban J connectivity index is 1.77. The van der Waals surface area contributed by atoms with Crippen LogP contribution in [0.2, 0.25) is 0 Å². The van der Waals surface area contributed by atoms with Crippen molar-refractivity contribution < 1.29 is 9.59 Å². The fourth-order valence-corrected chi connectivity index (χ4v) is 3.67. The van der Waals surface area contributed by atoms with Crippen LogP contribution in [0.25, 0.3) is 0 Å². The lowest BCUT2D eigenvalue weighted by atomic mass is 10.1. The Morgan fingerprint density at radius 1 is 1.50 bits per heavy atom. The second-order valence-electron chi connectivity index (χ2n) is 6.32. The van der Waals surface area contributed by atoms with Crippen molar-refractivity contribution in [2.45, 2.75) is 49.4 Å². The quantitative estimate of drug-likeness (QED) is 0.904. The highest BCUT2D eigenvalue weighted by Gasteiger charge is 2.36. The van der Waals surface area contributed by atoms with E-state index in [1.165, 1.54) is 11.8 Å². The molecular formula is C16H21N3O2S. The number of nitrogens with zero attached hydrogens (tertiary/aromatic N) is 2. The zero-order valence-electron chi connectivity index (χ0n) is 12.9. The van der Waals surface area contributed by atoms with E-state index in [2.05, 4.69) is 24.1 Å². The van der Waals surface area contributed by atoms with E-state index in [-0.39, 0.29) is 23.5 Å². The molecule has 1 unspecified atom stereocenters. The van der Waals surface area contributed by atoms with Crippen molar-refractivity contribution >= 4 is 29.3 Å². The summed E-state index contributed by atoms with van der Waals surface area (Å²) in [5, 5.41) is 3.42. The molecule has 1 aliphatic carbocycles. The summed E-state index contributed by atoms with van der Waals surface area (Å²) in [5.74, 6) is 0.350. The van der Waals surface area contributed by atoms with Crippen molar-refractivity contribution in [3.8, 4) is 0 Å². The average molecular weight is 319 g/mol.